The second-order valence-electron chi connectivity index (χ2n) is 4.07. The fourth-order valence-corrected chi connectivity index (χ4v) is 3.27. The SMILES string of the molecule is COC(=O)CC(NCc1cnc(C)s1)c1cccs1. The van der Waals surface area contributed by atoms with E-state index in [1.54, 1.807) is 22.7 Å². The van der Waals surface area contributed by atoms with E-state index in [1.807, 2.05) is 30.6 Å². The van der Waals surface area contributed by atoms with Crippen LogP contribution < -0.4 is 5.32 Å². The lowest BCUT2D eigenvalue weighted by atomic mass is 10.1. The number of aromatic nitrogens is 1. The number of thiazole rings is 1. The topological polar surface area (TPSA) is 51.2 Å². The van der Waals surface area contributed by atoms with E-state index in [1.165, 1.54) is 12.0 Å². The molecule has 0 aliphatic carbocycles. The van der Waals surface area contributed by atoms with Crippen LogP contribution in [0, 0.1) is 6.92 Å². The highest BCUT2D eigenvalue weighted by Gasteiger charge is 2.17. The van der Waals surface area contributed by atoms with Gasteiger partial charge in [0.1, 0.15) is 0 Å². The summed E-state index contributed by atoms with van der Waals surface area (Å²) in [6.45, 7) is 2.70. The van der Waals surface area contributed by atoms with Crippen molar-refractivity contribution in [2.45, 2.75) is 25.9 Å². The first-order valence-electron chi connectivity index (χ1n) is 5.94. The van der Waals surface area contributed by atoms with Crippen LogP contribution in [0.3, 0.4) is 0 Å². The summed E-state index contributed by atoms with van der Waals surface area (Å²) in [4.78, 5) is 18.0. The van der Waals surface area contributed by atoms with Gasteiger partial charge in [0.05, 0.1) is 24.6 Å². The summed E-state index contributed by atoms with van der Waals surface area (Å²) < 4.78 is 4.75. The molecule has 4 nitrogen and oxygen atoms in total. The molecule has 0 saturated heterocycles. The number of methoxy groups -OCH3 is 1. The van der Waals surface area contributed by atoms with Gasteiger partial charge in [-0.2, -0.15) is 0 Å². The summed E-state index contributed by atoms with van der Waals surface area (Å²) in [5, 5.41) is 6.46. The molecule has 1 N–H and O–H groups in total. The molecule has 2 heterocycles. The number of esters is 1. The molecule has 2 rings (SSSR count). The summed E-state index contributed by atoms with van der Waals surface area (Å²) in [5.41, 5.74) is 0. The van der Waals surface area contributed by atoms with E-state index >= 15 is 0 Å². The zero-order valence-electron chi connectivity index (χ0n) is 10.9. The average Bonchev–Trinajstić information content (AvgIpc) is 3.05. The van der Waals surface area contributed by atoms with Gasteiger partial charge in [-0.25, -0.2) is 4.98 Å². The summed E-state index contributed by atoms with van der Waals surface area (Å²) in [5.74, 6) is -0.202. The number of ether oxygens (including phenoxy) is 1. The Kier molecular flexibility index (Phi) is 5.07. The molecule has 0 aromatic carbocycles. The van der Waals surface area contributed by atoms with E-state index in [4.69, 9.17) is 4.74 Å². The van der Waals surface area contributed by atoms with Crippen LogP contribution in [-0.2, 0) is 16.1 Å². The normalized spacial score (nSPS) is 12.3. The van der Waals surface area contributed by atoms with Crippen LogP contribution in [0.15, 0.2) is 23.7 Å². The van der Waals surface area contributed by atoms with Crippen LogP contribution in [-0.4, -0.2) is 18.1 Å². The second kappa shape index (κ2) is 6.79. The van der Waals surface area contributed by atoms with Crippen molar-refractivity contribution in [3.8, 4) is 0 Å². The molecule has 19 heavy (non-hydrogen) atoms. The van der Waals surface area contributed by atoms with Crippen LogP contribution in [0.1, 0.15) is 27.2 Å². The van der Waals surface area contributed by atoms with Gasteiger partial charge in [-0.1, -0.05) is 6.07 Å². The summed E-state index contributed by atoms with van der Waals surface area (Å²) >= 11 is 3.31. The number of carbonyl (C=O) groups is 1. The predicted molar refractivity (Wildman–Crippen MR) is 77.4 cm³/mol. The Morgan fingerprint density at radius 1 is 1.58 bits per heavy atom. The summed E-state index contributed by atoms with van der Waals surface area (Å²) in [6, 6.07) is 4.02. The Morgan fingerprint density at radius 3 is 3.00 bits per heavy atom. The van der Waals surface area contributed by atoms with E-state index in [0.29, 0.717) is 13.0 Å². The number of thiophene rings is 1. The summed E-state index contributed by atoms with van der Waals surface area (Å²) in [6.07, 6.45) is 2.21. The maximum absolute atomic E-state index is 11.5. The third-order valence-electron chi connectivity index (χ3n) is 2.68. The molecule has 2 aromatic rings. The maximum atomic E-state index is 11.5. The monoisotopic (exact) mass is 296 g/mol. The number of rotatable bonds is 6. The van der Waals surface area contributed by atoms with Gasteiger partial charge in [-0.15, -0.1) is 22.7 Å². The lowest BCUT2D eigenvalue weighted by molar-refractivity contribution is -0.141. The van der Waals surface area contributed by atoms with Crippen LogP contribution in [0.25, 0.3) is 0 Å². The fourth-order valence-electron chi connectivity index (χ4n) is 1.72. The van der Waals surface area contributed by atoms with Crippen molar-refractivity contribution in [3.63, 3.8) is 0 Å². The first-order valence-corrected chi connectivity index (χ1v) is 7.63. The predicted octanol–water partition coefficient (Wildman–Crippen LogP) is 2.91. The Balaban J connectivity index is 1.99. The zero-order chi connectivity index (χ0) is 13.7. The highest BCUT2D eigenvalue weighted by atomic mass is 32.1. The zero-order valence-corrected chi connectivity index (χ0v) is 12.5. The molecular formula is C13H16N2O2S2. The van der Waals surface area contributed by atoms with Crippen molar-refractivity contribution < 1.29 is 9.53 Å². The quantitative estimate of drug-likeness (QED) is 0.833. The number of nitrogens with one attached hydrogen (secondary N) is 1. The molecule has 1 atom stereocenters. The van der Waals surface area contributed by atoms with Crippen molar-refractivity contribution in [2.75, 3.05) is 7.11 Å². The molecule has 0 radical (unpaired) electrons. The van der Waals surface area contributed by atoms with Crippen molar-refractivity contribution >= 4 is 28.6 Å². The molecule has 0 aliphatic rings. The molecule has 1 unspecified atom stereocenters. The maximum Gasteiger partial charge on any atom is 0.307 e. The van der Waals surface area contributed by atoms with Crippen molar-refractivity contribution in [1.29, 1.82) is 0 Å². The number of aryl methyl sites for hydroxylation is 1. The largest absolute Gasteiger partial charge is 0.469 e. The van der Waals surface area contributed by atoms with E-state index in [0.717, 1.165) is 9.88 Å². The van der Waals surface area contributed by atoms with Crippen molar-refractivity contribution in [3.05, 3.63) is 38.5 Å². The Bertz CT molecular complexity index is 522. The van der Waals surface area contributed by atoms with Crippen molar-refractivity contribution in [1.82, 2.24) is 10.3 Å². The number of carbonyl (C=O) groups excluding carboxylic acids is 1. The average molecular weight is 296 g/mol. The molecule has 0 fully saturated rings. The molecule has 0 aliphatic heterocycles. The molecule has 2 aromatic heterocycles. The van der Waals surface area contributed by atoms with Gasteiger partial charge >= 0.3 is 5.97 Å². The van der Waals surface area contributed by atoms with Gasteiger partial charge in [-0.3, -0.25) is 4.79 Å². The van der Waals surface area contributed by atoms with E-state index in [-0.39, 0.29) is 12.0 Å². The molecule has 0 saturated carbocycles. The van der Waals surface area contributed by atoms with Gasteiger partial charge in [0.15, 0.2) is 0 Å². The molecule has 6 heteroatoms. The molecule has 0 amide bonds. The van der Waals surface area contributed by atoms with Crippen molar-refractivity contribution in [2.24, 2.45) is 0 Å². The number of hydrogen-bond acceptors (Lipinski definition) is 6. The highest BCUT2D eigenvalue weighted by molar-refractivity contribution is 7.11. The summed E-state index contributed by atoms with van der Waals surface area (Å²) in [7, 11) is 1.42. The molecule has 0 spiro atoms. The van der Waals surface area contributed by atoms with Gasteiger partial charge in [0, 0.05) is 22.5 Å². The number of nitrogens with zero attached hydrogens (tertiary/aromatic N) is 1. The molecule has 0 bridgehead atoms. The third kappa shape index (κ3) is 4.12. The first kappa shape index (κ1) is 14.2. The van der Waals surface area contributed by atoms with Crippen LogP contribution >= 0.6 is 22.7 Å². The van der Waals surface area contributed by atoms with Crippen LogP contribution in [0.4, 0.5) is 0 Å². The minimum absolute atomic E-state index is 0.00476. The lowest BCUT2D eigenvalue weighted by Crippen LogP contribution is -2.23. The minimum atomic E-state index is -0.202. The minimum Gasteiger partial charge on any atom is -0.469 e. The van der Waals surface area contributed by atoms with Gasteiger partial charge < -0.3 is 10.1 Å². The Labute approximate surface area is 120 Å². The molecule has 102 valence electrons. The Morgan fingerprint density at radius 2 is 2.42 bits per heavy atom. The highest BCUT2D eigenvalue weighted by Crippen LogP contribution is 2.23. The third-order valence-corrected chi connectivity index (χ3v) is 4.58. The van der Waals surface area contributed by atoms with E-state index in [2.05, 4.69) is 10.3 Å². The second-order valence-corrected chi connectivity index (χ2v) is 6.37. The van der Waals surface area contributed by atoms with E-state index in [9.17, 15) is 4.79 Å². The van der Waals surface area contributed by atoms with Crippen LogP contribution in [0.2, 0.25) is 0 Å². The Hall–Kier alpha value is -1.24. The number of hydrogen-bond donors (Lipinski definition) is 1. The first-order chi connectivity index (χ1) is 9.19. The van der Waals surface area contributed by atoms with Crippen LogP contribution in [0.5, 0.6) is 0 Å². The van der Waals surface area contributed by atoms with Gasteiger partial charge in [0.2, 0.25) is 0 Å². The standard InChI is InChI=1S/C13H16N2O2S2/c1-9-14-7-10(19-9)8-15-11(6-13(16)17-2)12-4-3-5-18-12/h3-5,7,11,15H,6,8H2,1-2H3. The molecular weight excluding hydrogens is 280 g/mol. The van der Waals surface area contributed by atoms with E-state index < -0.39 is 0 Å². The van der Waals surface area contributed by atoms with Gasteiger partial charge in [-0.05, 0) is 18.4 Å². The lowest BCUT2D eigenvalue weighted by Gasteiger charge is -2.15. The smallest absolute Gasteiger partial charge is 0.307 e. The fraction of sp³-hybridized carbons (Fsp3) is 0.385. The van der Waals surface area contributed by atoms with Gasteiger partial charge in [0.25, 0.3) is 0 Å².